The molecular weight excluding hydrogens is 246 g/mol. The molecule has 1 aromatic carbocycles. The predicted octanol–water partition coefficient (Wildman–Crippen LogP) is 2.78. The minimum atomic E-state index is -0.786. The van der Waals surface area contributed by atoms with Gasteiger partial charge in [0.15, 0.2) is 11.6 Å². The molecule has 0 radical (unpaired) electrons. The van der Waals surface area contributed by atoms with Crippen LogP contribution in [0.15, 0.2) is 18.2 Å². The minimum absolute atomic E-state index is 0.385. The summed E-state index contributed by atoms with van der Waals surface area (Å²) in [5, 5.41) is 3.42. The van der Waals surface area contributed by atoms with E-state index >= 15 is 0 Å². The highest BCUT2D eigenvalue weighted by Gasteiger charge is 2.22. The number of rotatable bonds is 4. The van der Waals surface area contributed by atoms with Gasteiger partial charge in [-0.2, -0.15) is 0 Å². The smallest absolute Gasteiger partial charge is 0.159 e. The number of benzene rings is 1. The minimum Gasteiger partial charge on any atom is -0.310 e. The number of hydrogen-bond acceptors (Lipinski definition) is 2. The van der Waals surface area contributed by atoms with E-state index in [9.17, 15) is 8.78 Å². The van der Waals surface area contributed by atoms with Crippen molar-refractivity contribution in [2.75, 3.05) is 20.1 Å². The Labute approximate surface area is 113 Å². The molecule has 19 heavy (non-hydrogen) atoms. The molecule has 1 saturated heterocycles. The topological polar surface area (TPSA) is 15.3 Å². The molecule has 1 fully saturated rings. The number of likely N-dealkylation sites (tertiary alicyclic amines) is 1. The Morgan fingerprint density at radius 2 is 2.16 bits per heavy atom. The van der Waals surface area contributed by atoms with Crippen molar-refractivity contribution in [2.45, 2.75) is 32.4 Å². The van der Waals surface area contributed by atoms with Crippen LogP contribution in [0.5, 0.6) is 0 Å². The first kappa shape index (κ1) is 14.4. The Kier molecular flexibility index (Phi) is 4.88. The van der Waals surface area contributed by atoms with Gasteiger partial charge in [-0.3, -0.25) is 0 Å². The third kappa shape index (κ3) is 3.98. The highest BCUT2D eigenvalue weighted by atomic mass is 19.2. The third-order valence-corrected chi connectivity index (χ3v) is 3.98. The molecule has 0 saturated carbocycles. The second kappa shape index (κ2) is 6.44. The van der Waals surface area contributed by atoms with E-state index in [-0.39, 0.29) is 0 Å². The lowest BCUT2D eigenvalue weighted by Crippen LogP contribution is -2.42. The molecule has 0 bridgehead atoms. The van der Waals surface area contributed by atoms with E-state index in [1.807, 2.05) is 0 Å². The van der Waals surface area contributed by atoms with E-state index in [4.69, 9.17) is 0 Å². The standard InChI is InChI=1S/C15H22F2N2/c1-11(13-4-3-7-19(2)10-13)18-9-12-5-6-14(16)15(17)8-12/h5-6,8,11,13,18H,3-4,7,9-10H2,1-2H3. The Morgan fingerprint density at radius 3 is 2.84 bits per heavy atom. The zero-order chi connectivity index (χ0) is 13.8. The Morgan fingerprint density at radius 1 is 1.37 bits per heavy atom. The second-order valence-electron chi connectivity index (χ2n) is 5.58. The molecule has 106 valence electrons. The SMILES string of the molecule is CC(NCc1ccc(F)c(F)c1)C1CCCN(C)C1. The van der Waals surface area contributed by atoms with Crippen molar-refractivity contribution >= 4 is 0 Å². The van der Waals surface area contributed by atoms with Crippen molar-refractivity contribution in [3.05, 3.63) is 35.4 Å². The Bertz CT molecular complexity index is 423. The van der Waals surface area contributed by atoms with Gasteiger partial charge in [0.05, 0.1) is 0 Å². The largest absolute Gasteiger partial charge is 0.310 e. The van der Waals surface area contributed by atoms with E-state index in [2.05, 4.69) is 24.2 Å². The molecule has 1 aliphatic rings. The van der Waals surface area contributed by atoms with Crippen LogP contribution in [0.4, 0.5) is 8.78 Å². The first-order valence-corrected chi connectivity index (χ1v) is 6.92. The molecule has 0 amide bonds. The van der Waals surface area contributed by atoms with Gasteiger partial charge in [-0.1, -0.05) is 6.07 Å². The van der Waals surface area contributed by atoms with Gasteiger partial charge in [-0.25, -0.2) is 8.78 Å². The summed E-state index contributed by atoms with van der Waals surface area (Å²) in [5.41, 5.74) is 0.787. The lowest BCUT2D eigenvalue weighted by Gasteiger charge is -2.34. The number of nitrogens with one attached hydrogen (secondary N) is 1. The first-order valence-electron chi connectivity index (χ1n) is 6.92. The normalized spacial score (nSPS) is 22.4. The van der Waals surface area contributed by atoms with Gasteiger partial charge in [-0.05, 0) is 57.0 Å². The van der Waals surface area contributed by atoms with Crippen LogP contribution >= 0.6 is 0 Å². The maximum atomic E-state index is 13.1. The maximum Gasteiger partial charge on any atom is 0.159 e. The van der Waals surface area contributed by atoms with Crippen molar-refractivity contribution in [2.24, 2.45) is 5.92 Å². The molecule has 2 unspecified atom stereocenters. The molecule has 0 spiro atoms. The van der Waals surface area contributed by atoms with Crippen molar-refractivity contribution in [1.82, 2.24) is 10.2 Å². The van der Waals surface area contributed by atoms with Gasteiger partial charge in [0, 0.05) is 19.1 Å². The number of piperidine rings is 1. The summed E-state index contributed by atoms with van der Waals surface area (Å²) in [6.07, 6.45) is 2.47. The molecule has 1 aliphatic heterocycles. The second-order valence-corrected chi connectivity index (χ2v) is 5.58. The molecule has 0 aliphatic carbocycles. The maximum absolute atomic E-state index is 13.1. The predicted molar refractivity (Wildman–Crippen MR) is 72.9 cm³/mol. The Hall–Kier alpha value is -1.00. The molecule has 2 rings (SSSR count). The molecule has 2 nitrogen and oxygen atoms in total. The van der Waals surface area contributed by atoms with E-state index in [1.165, 1.54) is 31.5 Å². The molecule has 1 heterocycles. The van der Waals surface area contributed by atoms with E-state index < -0.39 is 11.6 Å². The van der Waals surface area contributed by atoms with Crippen LogP contribution in [0.2, 0.25) is 0 Å². The van der Waals surface area contributed by atoms with E-state index in [0.717, 1.165) is 12.1 Å². The van der Waals surface area contributed by atoms with Crippen molar-refractivity contribution in [3.8, 4) is 0 Å². The van der Waals surface area contributed by atoms with Crippen molar-refractivity contribution in [3.63, 3.8) is 0 Å². The Balaban J connectivity index is 1.85. The third-order valence-electron chi connectivity index (χ3n) is 3.98. The van der Waals surface area contributed by atoms with Crippen LogP contribution in [0.25, 0.3) is 0 Å². The lowest BCUT2D eigenvalue weighted by molar-refractivity contribution is 0.178. The lowest BCUT2D eigenvalue weighted by atomic mass is 9.92. The van der Waals surface area contributed by atoms with E-state index in [1.54, 1.807) is 6.07 Å². The number of nitrogens with zero attached hydrogens (tertiary/aromatic N) is 1. The molecule has 1 N–H and O–H groups in total. The van der Waals surface area contributed by atoms with E-state index in [0.29, 0.717) is 18.5 Å². The molecule has 0 aromatic heterocycles. The average Bonchev–Trinajstić information content (AvgIpc) is 2.40. The van der Waals surface area contributed by atoms with Gasteiger partial charge in [-0.15, -0.1) is 0 Å². The van der Waals surface area contributed by atoms with Crippen LogP contribution in [-0.2, 0) is 6.54 Å². The quantitative estimate of drug-likeness (QED) is 0.903. The summed E-state index contributed by atoms with van der Waals surface area (Å²) in [7, 11) is 2.15. The summed E-state index contributed by atoms with van der Waals surface area (Å²) < 4.78 is 25.9. The monoisotopic (exact) mass is 268 g/mol. The summed E-state index contributed by atoms with van der Waals surface area (Å²) in [4.78, 5) is 2.35. The first-order chi connectivity index (χ1) is 9.06. The fraction of sp³-hybridized carbons (Fsp3) is 0.600. The van der Waals surface area contributed by atoms with Crippen LogP contribution in [0.3, 0.4) is 0 Å². The molecular formula is C15H22F2N2. The van der Waals surface area contributed by atoms with Gasteiger partial charge in [0.1, 0.15) is 0 Å². The summed E-state index contributed by atoms with van der Waals surface area (Å²) in [5.74, 6) is -0.931. The summed E-state index contributed by atoms with van der Waals surface area (Å²) >= 11 is 0. The fourth-order valence-corrected chi connectivity index (χ4v) is 2.71. The van der Waals surface area contributed by atoms with Crippen molar-refractivity contribution in [1.29, 1.82) is 0 Å². The van der Waals surface area contributed by atoms with Crippen LogP contribution < -0.4 is 5.32 Å². The highest BCUT2D eigenvalue weighted by molar-refractivity contribution is 5.17. The summed E-state index contributed by atoms with van der Waals surface area (Å²) in [6, 6.07) is 4.47. The van der Waals surface area contributed by atoms with Gasteiger partial charge >= 0.3 is 0 Å². The molecule has 2 atom stereocenters. The van der Waals surface area contributed by atoms with Gasteiger partial charge in [0.2, 0.25) is 0 Å². The zero-order valence-corrected chi connectivity index (χ0v) is 11.6. The van der Waals surface area contributed by atoms with Gasteiger partial charge < -0.3 is 10.2 Å². The summed E-state index contributed by atoms with van der Waals surface area (Å²) in [6.45, 7) is 5.03. The van der Waals surface area contributed by atoms with Crippen LogP contribution in [0, 0.1) is 17.6 Å². The van der Waals surface area contributed by atoms with Crippen molar-refractivity contribution < 1.29 is 8.78 Å². The van der Waals surface area contributed by atoms with Crippen LogP contribution in [0.1, 0.15) is 25.3 Å². The number of hydrogen-bond donors (Lipinski definition) is 1. The van der Waals surface area contributed by atoms with Gasteiger partial charge in [0.25, 0.3) is 0 Å². The zero-order valence-electron chi connectivity index (χ0n) is 11.6. The average molecular weight is 268 g/mol. The fourth-order valence-electron chi connectivity index (χ4n) is 2.71. The highest BCUT2D eigenvalue weighted by Crippen LogP contribution is 2.19. The molecule has 4 heteroatoms. The number of halogens is 2. The molecule has 1 aromatic rings. The van der Waals surface area contributed by atoms with Crippen LogP contribution in [-0.4, -0.2) is 31.1 Å².